The van der Waals surface area contributed by atoms with E-state index in [9.17, 15) is 4.79 Å². The Morgan fingerprint density at radius 2 is 1.97 bits per heavy atom. The van der Waals surface area contributed by atoms with Crippen molar-refractivity contribution in [3.63, 3.8) is 0 Å². The number of hydrogen-bond acceptors (Lipinski definition) is 4. The molecule has 0 atom stereocenters. The van der Waals surface area contributed by atoms with Crippen LogP contribution in [0.2, 0.25) is 0 Å². The van der Waals surface area contributed by atoms with Crippen LogP contribution in [0.25, 0.3) is 21.7 Å². The Labute approximate surface area is 176 Å². The van der Waals surface area contributed by atoms with E-state index in [0.717, 1.165) is 58.8 Å². The summed E-state index contributed by atoms with van der Waals surface area (Å²) in [6, 6.07) is 12.4. The molecule has 1 aromatic carbocycles. The first-order valence-electron chi connectivity index (χ1n) is 10.5. The minimum absolute atomic E-state index is 0.104. The second kappa shape index (κ2) is 8.87. The van der Waals surface area contributed by atoms with Gasteiger partial charge in [-0.25, -0.2) is 9.97 Å². The molecule has 150 valence electrons. The number of nitrogens with zero attached hydrogens (tertiary/aromatic N) is 2. The molecule has 0 spiro atoms. The minimum atomic E-state index is 0.104. The van der Waals surface area contributed by atoms with Crippen LogP contribution in [-0.4, -0.2) is 15.9 Å². The molecule has 4 rings (SSSR count). The highest BCUT2D eigenvalue weighted by molar-refractivity contribution is 7.15. The van der Waals surface area contributed by atoms with Crippen LogP contribution in [0.5, 0.6) is 0 Å². The molecule has 4 nitrogen and oxygen atoms in total. The number of carbonyl (C=O) groups is 1. The van der Waals surface area contributed by atoms with Gasteiger partial charge in [0.1, 0.15) is 5.82 Å². The Bertz CT molecular complexity index is 1000. The van der Waals surface area contributed by atoms with Crippen molar-refractivity contribution in [2.45, 2.75) is 52.4 Å². The predicted octanol–water partition coefficient (Wildman–Crippen LogP) is 6.26. The highest BCUT2D eigenvalue weighted by Gasteiger charge is 2.22. The molecular weight excluding hydrogens is 378 g/mol. The molecule has 5 heteroatoms. The van der Waals surface area contributed by atoms with Gasteiger partial charge in [-0.15, -0.1) is 11.3 Å². The van der Waals surface area contributed by atoms with Crippen molar-refractivity contribution in [2.24, 2.45) is 5.92 Å². The lowest BCUT2D eigenvalue weighted by Crippen LogP contribution is -2.25. The number of benzene rings is 1. The van der Waals surface area contributed by atoms with Gasteiger partial charge in [0.2, 0.25) is 5.91 Å². The maximum absolute atomic E-state index is 12.6. The van der Waals surface area contributed by atoms with Crippen molar-refractivity contribution >= 4 is 23.1 Å². The molecule has 0 radical (unpaired) electrons. The average Bonchev–Trinajstić information content (AvgIpc) is 3.19. The SMILES string of the molecule is CCc1nc(-c2cccc(C)c2)c(-c2ccnc(NC(=O)C3CCCCC3)c2)s1. The van der Waals surface area contributed by atoms with Gasteiger partial charge in [-0.2, -0.15) is 0 Å². The third-order valence-electron chi connectivity index (χ3n) is 5.51. The quantitative estimate of drug-likeness (QED) is 0.545. The number of aryl methyl sites for hydroxylation is 2. The van der Waals surface area contributed by atoms with Crippen molar-refractivity contribution in [2.75, 3.05) is 5.32 Å². The lowest BCUT2D eigenvalue weighted by Gasteiger charge is -2.20. The number of pyridine rings is 1. The zero-order valence-corrected chi connectivity index (χ0v) is 17.9. The van der Waals surface area contributed by atoms with Gasteiger partial charge in [-0.3, -0.25) is 4.79 Å². The van der Waals surface area contributed by atoms with Crippen LogP contribution in [0.1, 0.15) is 49.6 Å². The number of amides is 1. The Morgan fingerprint density at radius 1 is 1.14 bits per heavy atom. The maximum Gasteiger partial charge on any atom is 0.228 e. The number of aromatic nitrogens is 2. The Balaban J connectivity index is 1.64. The Morgan fingerprint density at radius 3 is 2.72 bits per heavy atom. The molecule has 2 aromatic heterocycles. The van der Waals surface area contributed by atoms with E-state index < -0.39 is 0 Å². The highest BCUT2D eigenvalue weighted by atomic mass is 32.1. The first-order chi connectivity index (χ1) is 14.1. The normalized spacial score (nSPS) is 14.7. The van der Waals surface area contributed by atoms with Crippen molar-refractivity contribution < 1.29 is 4.79 Å². The third-order valence-corrected chi connectivity index (χ3v) is 6.76. The first kappa shape index (κ1) is 19.8. The van der Waals surface area contributed by atoms with Gasteiger partial charge < -0.3 is 5.32 Å². The van der Waals surface area contributed by atoms with Crippen LogP contribution >= 0.6 is 11.3 Å². The molecule has 1 aliphatic carbocycles. The van der Waals surface area contributed by atoms with Gasteiger partial charge in [0.15, 0.2) is 0 Å². The molecule has 0 aliphatic heterocycles. The molecule has 0 unspecified atom stereocenters. The summed E-state index contributed by atoms with van der Waals surface area (Å²) in [6.07, 6.45) is 8.18. The molecule has 1 N–H and O–H groups in total. The summed E-state index contributed by atoms with van der Waals surface area (Å²) in [4.78, 5) is 23.0. The second-order valence-corrected chi connectivity index (χ2v) is 8.85. The number of anilines is 1. The summed E-state index contributed by atoms with van der Waals surface area (Å²) in [5, 5.41) is 4.16. The molecule has 1 fully saturated rings. The van der Waals surface area contributed by atoms with E-state index >= 15 is 0 Å². The molecule has 2 heterocycles. The summed E-state index contributed by atoms with van der Waals surface area (Å²) < 4.78 is 0. The van der Waals surface area contributed by atoms with E-state index in [-0.39, 0.29) is 11.8 Å². The van der Waals surface area contributed by atoms with E-state index in [0.29, 0.717) is 5.82 Å². The summed E-state index contributed by atoms with van der Waals surface area (Å²) in [5.41, 5.74) is 4.40. The summed E-state index contributed by atoms with van der Waals surface area (Å²) in [6.45, 7) is 4.23. The van der Waals surface area contributed by atoms with Crippen LogP contribution in [0, 0.1) is 12.8 Å². The third kappa shape index (κ3) is 4.56. The standard InChI is InChI=1S/C24H27N3OS/c1-3-21-27-22(18-11-7-8-16(2)14-18)23(29-21)19-12-13-25-20(15-19)26-24(28)17-9-5-4-6-10-17/h7-8,11-15,17H,3-6,9-10H2,1-2H3,(H,25,26,28). The predicted molar refractivity (Wildman–Crippen MR) is 120 cm³/mol. The number of rotatable bonds is 5. The molecule has 1 amide bonds. The molecule has 1 saturated carbocycles. The number of carbonyl (C=O) groups excluding carboxylic acids is 1. The van der Waals surface area contributed by atoms with Gasteiger partial charge in [0.25, 0.3) is 0 Å². The molecule has 1 aliphatic rings. The summed E-state index contributed by atoms with van der Waals surface area (Å²) in [7, 11) is 0. The maximum atomic E-state index is 12.6. The molecule has 3 aromatic rings. The largest absolute Gasteiger partial charge is 0.310 e. The van der Waals surface area contributed by atoms with E-state index in [1.165, 1.54) is 12.0 Å². The van der Waals surface area contributed by atoms with Gasteiger partial charge in [0, 0.05) is 17.7 Å². The molecule has 0 saturated heterocycles. The monoisotopic (exact) mass is 405 g/mol. The zero-order valence-electron chi connectivity index (χ0n) is 17.1. The van der Waals surface area contributed by atoms with Crippen molar-refractivity contribution in [3.05, 3.63) is 53.2 Å². The number of nitrogens with one attached hydrogen (secondary N) is 1. The van der Waals surface area contributed by atoms with Gasteiger partial charge in [-0.1, -0.05) is 49.9 Å². The van der Waals surface area contributed by atoms with Crippen molar-refractivity contribution in [1.29, 1.82) is 0 Å². The van der Waals surface area contributed by atoms with Crippen LogP contribution in [0.3, 0.4) is 0 Å². The lowest BCUT2D eigenvalue weighted by molar-refractivity contribution is -0.120. The number of thiazole rings is 1. The average molecular weight is 406 g/mol. The van der Waals surface area contributed by atoms with Crippen molar-refractivity contribution in [3.8, 4) is 21.7 Å². The number of hydrogen-bond donors (Lipinski definition) is 1. The van der Waals surface area contributed by atoms with E-state index in [2.05, 4.69) is 48.4 Å². The first-order valence-corrected chi connectivity index (χ1v) is 11.3. The second-order valence-electron chi connectivity index (χ2n) is 7.76. The molecular formula is C24H27N3OS. The van der Waals surface area contributed by atoms with E-state index in [1.807, 2.05) is 12.1 Å². The minimum Gasteiger partial charge on any atom is -0.310 e. The fourth-order valence-corrected chi connectivity index (χ4v) is 4.95. The smallest absolute Gasteiger partial charge is 0.228 e. The fraction of sp³-hybridized carbons (Fsp3) is 0.375. The van der Waals surface area contributed by atoms with Crippen LogP contribution < -0.4 is 5.32 Å². The van der Waals surface area contributed by atoms with Gasteiger partial charge >= 0.3 is 0 Å². The van der Waals surface area contributed by atoms with Crippen LogP contribution in [0.15, 0.2) is 42.6 Å². The van der Waals surface area contributed by atoms with Gasteiger partial charge in [0.05, 0.1) is 15.6 Å². The Kier molecular flexibility index (Phi) is 6.05. The zero-order chi connectivity index (χ0) is 20.2. The van der Waals surface area contributed by atoms with E-state index in [4.69, 9.17) is 4.98 Å². The molecule has 0 bridgehead atoms. The van der Waals surface area contributed by atoms with Gasteiger partial charge in [-0.05, 0) is 49.9 Å². The van der Waals surface area contributed by atoms with E-state index in [1.54, 1.807) is 17.5 Å². The van der Waals surface area contributed by atoms with Crippen LogP contribution in [-0.2, 0) is 11.2 Å². The Hall–Kier alpha value is -2.53. The summed E-state index contributed by atoms with van der Waals surface area (Å²) in [5.74, 6) is 0.846. The lowest BCUT2D eigenvalue weighted by atomic mass is 9.89. The van der Waals surface area contributed by atoms with Crippen molar-refractivity contribution in [1.82, 2.24) is 9.97 Å². The molecule has 29 heavy (non-hydrogen) atoms. The topological polar surface area (TPSA) is 54.9 Å². The van der Waals surface area contributed by atoms with Crippen LogP contribution in [0.4, 0.5) is 5.82 Å². The fourth-order valence-electron chi connectivity index (χ4n) is 3.93. The summed E-state index contributed by atoms with van der Waals surface area (Å²) >= 11 is 1.72. The highest BCUT2D eigenvalue weighted by Crippen LogP contribution is 2.38.